The molecule has 1 aromatic carbocycles. The van der Waals surface area contributed by atoms with Gasteiger partial charge in [-0.2, -0.15) is 0 Å². The molecule has 164 valence electrons. The second kappa shape index (κ2) is 14.5. The topological polar surface area (TPSA) is 64.1 Å². The normalized spacial score (nSPS) is 17.9. The fourth-order valence-corrected chi connectivity index (χ4v) is 4.02. The molecule has 0 amide bonds. The molecule has 7 heteroatoms. The van der Waals surface area contributed by atoms with Gasteiger partial charge in [0.05, 0.1) is 19.8 Å². The van der Waals surface area contributed by atoms with Gasteiger partial charge in [-0.3, -0.25) is 4.99 Å². The minimum atomic E-state index is 0.303. The Morgan fingerprint density at radius 2 is 2.21 bits per heavy atom. The third-order valence-electron chi connectivity index (χ3n) is 4.58. The third-order valence-corrected chi connectivity index (χ3v) is 5.97. The van der Waals surface area contributed by atoms with Crippen LogP contribution >= 0.6 is 11.8 Å². The number of rotatable bonds is 13. The van der Waals surface area contributed by atoms with Crippen LogP contribution in [0.1, 0.15) is 33.1 Å². The Kier molecular flexibility index (Phi) is 11.9. The lowest BCUT2D eigenvalue weighted by atomic mass is 10.2. The molecule has 1 saturated heterocycles. The van der Waals surface area contributed by atoms with Gasteiger partial charge in [-0.15, -0.1) is 11.8 Å². The summed E-state index contributed by atoms with van der Waals surface area (Å²) in [4.78, 5) is 5.92. The highest BCUT2D eigenvalue weighted by molar-refractivity contribution is 7.99. The predicted molar refractivity (Wildman–Crippen MR) is 121 cm³/mol. The van der Waals surface area contributed by atoms with E-state index in [2.05, 4.69) is 30.5 Å². The van der Waals surface area contributed by atoms with Crippen molar-refractivity contribution in [1.82, 2.24) is 10.6 Å². The zero-order valence-electron chi connectivity index (χ0n) is 18.1. The van der Waals surface area contributed by atoms with Crippen LogP contribution in [0.25, 0.3) is 0 Å². The monoisotopic (exact) mass is 423 g/mol. The van der Waals surface area contributed by atoms with Gasteiger partial charge in [-0.05, 0) is 44.2 Å². The van der Waals surface area contributed by atoms with Gasteiger partial charge in [0.1, 0.15) is 5.75 Å². The maximum absolute atomic E-state index is 5.71. The van der Waals surface area contributed by atoms with Crippen LogP contribution in [0.4, 0.5) is 0 Å². The van der Waals surface area contributed by atoms with Crippen LogP contribution in [0.5, 0.6) is 5.75 Å². The van der Waals surface area contributed by atoms with Crippen molar-refractivity contribution in [2.45, 2.75) is 44.1 Å². The second-order valence-electron chi connectivity index (χ2n) is 7.28. The molecule has 1 fully saturated rings. The molecule has 0 aliphatic carbocycles. The summed E-state index contributed by atoms with van der Waals surface area (Å²) in [5, 5.41) is 6.71. The predicted octanol–water partition coefficient (Wildman–Crippen LogP) is 3.56. The Morgan fingerprint density at radius 3 is 2.97 bits per heavy atom. The smallest absolute Gasteiger partial charge is 0.191 e. The lowest BCUT2D eigenvalue weighted by Crippen LogP contribution is -2.38. The molecule has 2 unspecified atom stereocenters. The summed E-state index contributed by atoms with van der Waals surface area (Å²) >= 11 is 1.82. The molecular weight excluding hydrogens is 386 g/mol. The van der Waals surface area contributed by atoms with Gasteiger partial charge in [0.15, 0.2) is 5.96 Å². The van der Waals surface area contributed by atoms with Crippen molar-refractivity contribution in [2.24, 2.45) is 10.9 Å². The third kappa shape index (κ3) is 9.74. The summed E-state index contributed by atoms with van der Waals surface area (Å²) < 4.78 is 16.7. The first-order valence-electron chi connectivity index (χ1n) is 10.7. The molecule has 0 saturated carbocycles. The minimum absolute atomic E-state index is 0.303. The van der Waals surface area contributed by atoms with Crippen molar-refractivity contribution in [3.63, 3.8) is 0 Å². The molecule has 0 radical (unpaired) electrons. The van der Waals surface area contributed by atoms with Crippen LogP contribution in [-0.2, 0) is 9.47 Å². The van der Waals surface area contributed by atoms with Gasteiger partial charge < -0.3 is 24.8 Å². The van der Waals surface area contributed by atoms with Crippen LogP contribution in [-0.4, -0.2) is 64.4 Å². The summed E-state index contributed by atoms with van der Waals surface area (Å²) in [7, 11) is 1.72. The number of nitrogens with zero attached hydrogens (tertiary/aromatic N) is 1. The molecule has 2 rings (SSSR count). The molecule has 1 aliphatic heterocycles. The van der Waals surface area contributed by atoms with E-state index < -0.39 is 0 Å². The maximum atomic E-state index is 5.71. The number of para-hydroxylation sites is 1. The zero-order valence-corrected chi connectivity index (χ0v) is 18.9. The van der Waals surface area contributed by atoms with Crippen LogP contribution in [0.15, 0.2) is 34.2 Å². The van der Waals surface area contributed by atoms with E-state index in [1.54, 1.807) is 7.11 Å². The van der Waals surface area contributed by atoms with E-state index in [0.29, 0.717) is 12.0 Å². The molecule has 29 heavy (non-hydrogen) atoms. The van der Waals surface area contributed by atoms with Crippen molar-refractivity contribution in [3.8, 4) is 5.75 Å². The van der Waals surface area contributed by atoms with E-state index in [0.717, 1.165) is 76.2 Å². The number of methoxy groups -OCH3 is 1. The van der Waals surface area contributed by atoms with Gasteiger partial charge in [-0.25, -0.2) is 0 Å². The van der Waals surface area contributed by atoms with Gasteiger partial charge in [-0.1, -0.05) is 19.1 Å². The highest BCUT2D eigenvalue weighted by Gasteiger charge is 2.14. The van der Waals surface area contributed by atoms with Gasteiger partial charge >= 0.3 is 0 Å². The van der Waals surface area contributed by atoms with E-state index in [1.165, 1.54) is 4.90 Å². The number of guanidine groups is 1. The standard InChI is InChI=1S/C22H37N3O3S/c1-4-23-22(24-12-8-13-27-16-19-9-7-14-28-19)25-15-18(2)17-29-21-11-6-5-10-20(21)26-3/h5-6,10-11,18-19H,4,7-9,12-17H2,1-3H3,(H2,23,24,25). The summed E-state index contributed by atoms with van der Waals surface area (Å²) in [6.07, 6.45) is 3.55. The number of hydrogen-bond donors (Lipinski definition) is 2. The lowest BCUT2D eigenvalue weighted by Gasteiger charge is -2.14. The van der Waals surface area contributed by atoms with Gasteiger partial charge in [0, 0.05) is 43.5 Å². The van der Waals surface area contributed by atoms with Crippen LogP contribution in [0.2, 0.25) is 0 Å². The molecule has 6 nitrogen and oxygen atoms in total. The van der Waals surface area contributed by atoms with Crippen molar-refractivity contribution in [3.05, 3.63) is 24.3 Å². The first kappa shape index (κ1) is 23.8. The molecule has 0 spiro atoms. The number of aliphatic imine (C=N–C) groups is 1. The molecule has 0 bridgehead atoms. The molecule has 2 atom stereocenters. The second-order valence-corrected chi connectivity index (χ2v) is 8.34. The number of ether oxygens (including phenoxy) is 3. The molecular formula is C22H37N3O3S. The Labute approximate surface area is 180 Å². The molecule has 2 N–H and O–H groups in total. The Morgan fingerprint density at radius 1 is 1.34 bits per heavy atom. The number of hydrogen-bond acceptors (Lipinski definition) is 5. The Bertz CT molecular complexity index is 594. The van der Waals surface area contributed by atoms with Crippen LogP contribution < -0.4 is 15.4 Å². The molecule has 1 heterocycles. The first-order chi connectivity index (χ1) is 14.2. The van der Waals surface area contributed by atoms with E-state index >= 15 is 0 Å². The molecule has 1 aliphatic rings. The van der Waals surface area contributed by atoms with E-state index in [9.17, 15) is 0 Å². The summed E-state index contributed by atoms with van der Waals surface area (Å²) in [6, 6.07) is 8.15. The Balaban J connectivity index is 1.63. The average molecular weight is 424 g/mol. The molecule has 1 aromatic rings. The minimum Gasteiger partial charge on any atom is -0.496 e. The van der Waals surface area contributed by atoms with Gasteiger partial charge in [0.2, 0.25) is 0 Å². The number of benzene rings is 1. The average Bonchev–Trinajstić information content (AvgIpc) is 3.26. The zero-order chi connectivity index (χ0) is 20.7. The fraction of sp³-hybridized carbons (Fsp3) is 0.682. The fourth-order valence-electron chi connectivity index (χ4n) is 2.98. The van der Waals surface area contributed by atoms with E-state index in [1.807, 2.05) is 30.0 Å². The van der Waals surface area contributed by atoms with E-state index in [4.69, 9.17) is 19.2 Å². The van der Waals surface area contributed by atoms with Crippen molar-refractivity contribution in [2.75, 3.05) is 52.3 Å². The quantitative estimate of drug-likeness (QED) is 0.219. The van der Waals surface area contributed by atoms with Crippen molar-refractivity contribution in [1.29, 1.82) is 0 Å². The van der Waals surface area contributed by atoms with Gasteiger partial charge in [0.25, 0.3) is 0 Å². The summed E-state index contributed by atoms with van der Waals surface area (Å²) in [6.45, 7) is 9.15. The first-order valence-corrected chi connectivity index (χ1v) is 11.7. The highest BCUT2D eigenvalue weighted by atomic mass is 32.2. The largest absolute Gasteiger partial charge is 0.496 e. The SMILES string of the molecule is CCNC(=NCC(C)CSc1ccccc1OC)NCCCOCC1CCCO1. The highest BCUT2D eigenvalue weighted by Crippen LogP contribution is 2.30. The maximum Gasteiger partial charge on any atom is 0.191 e. The number of nitrogens with one attached hydrogen (secondary N) is 2. The Hall–Kier alpha value is -1.44. The molecule has 0 aromatic heterocycles. The number of thioether (sulfide) groups is 1. The van der Waals surface area contributed by atoms with Crippen molar-refractivity contribution < 1.29 is 14.2 Å². The summed E-state index contributed by atoms with van der Waals surface area (Å²) in [5.41, 5.74) is 0. The lowest BCUT2D eigenvalue weighted by molar-refractivity contribution is 0.0168. The van der Waals surface area contributed by atoms with Crippen LogP contribution in [0.3, 0.4) is 0 Å². The van der Waals surface area contributed by atoms with Crippen molar-refractivity contribution >= 4 is 17.7 Å². The van der Waals surface area contributed by atoms with Crippen LogP contribution in [0, 0.1) is 5.92 Å². The van der Waals surface area contributed by atoms with E-state index in [-0.39, 0.29) is 0 Å². The summed E-state index contributed by atoms with van der Waals surface area (Å²) in [5.74, 6) is 3.28.